The number of aliphatic hydroxyl groups is 1. The fraction of sp³-hybridized carbons (Fsp3) is 0.125. The van der Waals surface area contributed by atoms with Gasteiger partial charge in [0.2, 0.25) is 0 Å². The highest BCUT2D eigenvalue weighted by Crippen LogP contribution is 2.36. The number of nitrogens with zero attached hydrogens (tertiary/aromatic N) is 3. The third-order valence-electron chi connectivity index (χ3n) is 3.17. The molecule has 7 nitrogen and oxygen atoms in total. The van der Waals surface area contributed by atoms with E-state index in [1.807, 2.05) is 0 Å². The number of thiazole rings is 1. The number of rotatable bonds is 6. The van der Waals surface area contributed by atoms with Crippen LogP contribution < -0.4 is 5.32 Å². The molecule has 0 unspecified atom stereocenters. The summed E-state index contributed by atoms with van der Waals surface area (Å²) in [5.41, 5.74) is 0.356. The summed E-state index contributed by atoms with van der Waals surface area (Å²) < 4.78 is 19.6. The molecule has 3 rings (SSSR count). The standard InChI is InChI=1S/C16H13FN4O3S2/c1-24-15(23)14-13(17)10(4-5-18-14)25-12-7-20-16(26-12)21-11-3-2-9(8-22)6-19-11/h2-7,22H,8H2,1H3,(H,19,20,21). The zero-order valence-corrected chi connectivity index (χ0v) is 15.1. The van der Waals surface area contributed by atoms with Crippen LogP contribution in [0.1, 0.15) is 16.1 Å². The van der Waals surface area contributed by atoms with Crippen molar-refractivity contribution >= 4 is 40.0 Å². The van der Waals surface area contributed by atoms with Crippen LogP contribution in [0.15, 0.2) is 45.9 Å². The molecule has 134 valence electrons. The van der Waals surface area contributed by atoms with Crippen molar-refractivity contribution in [1.82, 2.24) is 15.0 Å². The Hall–Kier alpha value is -2.56. The molecule has 0 saturated heterocycles. The molecule has 2 N–H and O–H groups in total. The van der Waals surface area contributed by atoms with Crippen LogP contribution in [0.5, 0.6) is 0 Å². The Balaban J connectivity index is 1.73. The van der Waals surface area contributed by atoms with E-state index in [0.29, 0.717) is 16.5 Å². The second kappa shape index (κ2) is 8.21. The second-order valence-corrected chi connectivity index (χ2v) is 7.26. The van der Waals surface area contributed by atoms with Crippen molar-refractivity contribution in [2.45, 2.75) is 15.7 Å². The first-order chi connectivity index (χ1) is 12.6. The van der Waals surface area contributed by atoms with Gasteiger partial charge in [0.15, 0.2) is 16.6 Å². The highest BCUT2D eigenvalue weighted by atomic mass is 32.2. The largest absolute Gasteiger partial charge is 0.464 e. The average molecular weight is 392 g/mol. The van der Waals surface area contributed by atoms with E-state index in [1.165, 1.54) is 30.7 Å². The van der Waals surface area contributed by atoms with Crippen LogP contribution >= 0.6 is 23.1 Å². The van der Waals surface area contributed by atoms with Crippen LogP contribution in [0.2, 0.25) is 0 Å². The monoisotopic (exact) mass is 392 g/mol. The Bertz CT molecular complexity index is 918. The van der Waals surface area contributed by atoms with Crippen molar-refractivity contribution in [1.29, 1.82) is 0 Å². The van der Waals surface area contributed by atoms with E-state index in [1.54, 1.807) is 24.5 Å². The molecule has 0 bridgehead atoms. The Morgan fingerprint density at radius 1 is 1.31 bits per heavy atom. The zero-order chi connectivity index (χ0) is 18.5. The summed E-state index contributed by atoms with van der Waals surface area (Å²) in [5.74, 6) is -0.973. The lowest BCUT2D eigenvalue weighted by Crippen LogP contribution is -2.07. The summed E-state index contributed by atoms with van der Waals surface area (Å²) in [7, 11) is 1.17. The van der Waals surface area contributed by atoms with Crippen molar-refractivity contribution in [3.05, 3.63) is 53.9 Å². The summed E-state index contributed by atoms with van der Waals surface area (Å²) in [6.45, 7) is -0.0730. The van der Waals surface area contributed by atoms with Crippen LogP contribution in [0, 0.1) is 5.82 Å². The molecule has 0 aliphatic carbocycles. The molecule has 0 aliphatic heterocycles. The predicted octanol–water partition coefficient (Wildman–Crippen LogP) is 3.25. The summed E-state index contributed by atoms with van der Waals surface area (Å²) in [5, 5.41) is 12.6. The van der Waals surface area contributed by atoms with Crippen molar-refractivity contribution in [3.63, 3.8) is 0 Å². The van der Waals surface area contributed by atoms with E-state index in [0.717, 1.165) is 16.0 Å². The summed E-state index contributed by atoms with van der Waals surface area (Å²) >= 11 is 2.44. The Morgan fingerprint density at radius 3 is 2.85 bits per heavy atom. The van der Waals surface area contributed by atoms with Gasteiger partial charge in [0.05, 0.1) is 29.0 Å². The van der Waals surface area contributed by atoms with Crippen LogP contribution in [-0.4, -0.2) is 33.1 Å². The minimum absolute atomic E-state index is 0.0730. The number of hydrogen-bond donors (Lipinski definition) is 2. The lowest BCUT2D eigenvalue weighted by molar-refractivity contribution is 0.0587. The molecule has 0 atom stereocenters. The lowest BCUT2D eigenvalue weighted by Gasteiger charge is -2.04. The minimum atomic E-state index is -0.825. The quantitative estimate of drug-likeness (QED) is 0.617. The van der Waals surface area contributed by atoms with Crippen LogP contribution in [0.25, 0.3) is 0 Å². The normalized spacial score (nSPS) is 10.6. The number of methoxy groups -OCH3 is 1. The fourth-order valence-corrected chi connectivity index (χ4v) is 3.79. The molecule has 0 radical (unpaired) electrons. The van der Waals surface area contributed by atoms with E-state index < -0.39 is 11.8 Å². The number of aliphatic hydroxyl groups excluding tert-OH is 1. The van der Waals surface area contributed by atoms with Gasteiger partial charge in [0, 0.05) is 12.4 Å². The third-order valence-corrected chi connectivity index (χ3v) is 5.22. The number of carbonyl (C=O) groups excluding carboxylic acids is 1. The molecule has 0 amide bonds. The number of pyridine rings is 2. The SMILES string of the molecule is COC(=O)c1nccc(Sc2cnc(Nc3ccc(CO)cn3)s2)c1F. The van der Waals surface area contributed by atoms with E-state index >= 15 is 0 Å². The number of anilines is 2. The maximum Gasteiger partial charge on any atom is 0.359 e. The topological polar surface area (TPSA) is 97.2 Å². The number of nitrogens with one attached hydrogen (secondary N) is 1. The molecule has 3 heterocycles. The van der Waals surface area contributed by atoms with Gasteiger partial charge in [0.25, 0.3) is 0 Å². The first kappa shape index (κ1) is 18.2. The van der Waals surface area contributed by atoms with Gasteiger partial charge in [-0.15, -0.1) is 0 Å². The molecule has 10 heteroatoms. The third kappa shape index (κ3) is 4.15. The number of carbonyl (C=O) groups is 1. The van der Waals surface area contributed by atoms with Gasteiger partial charge in [-0.2, -0.15) is 0 Å². The zero-order valence-electron chi connectivity index (χ0n) is 13.5. The first-order valence-electron chi connectivity index (χ1n) is 7.30. The van der Waals surface area contributed by atoms with E-state index in [9.17, 15) is 9.18 Å². The number of halogens is 1. The van der Waals surface area contributed by atoms with Gasteiger partial charge in [-0.05, 0) is 17.7 Å². The first-order valence-corrected chi connectivity index (χ1v) is 8.93. The Morgan fingerprint density at radius 2 is 2.15 bits per heavy atom. The van der Waals surface area contributed by atoms with Gasteiger partial charge in [-0.25, -0.2) is 24.1 Å². The number of ether oxygens (including phenoxy) is 1. The van der Waals surface area contributed by atoms with Crippen molar-refractivity contribution in [2.24, 2.45) is 0 Å². The lowest BCUT2D eigenvalue weighted by atomic mass is 10.3. The van der Waals surface area contributed by atoms with Gasteiger partial charge >= 0.3 is 5.97 Å². The average Bonchev–Trinajstić information content (AvgIpc) is 3.10. The Labute approximate surface area is 156 Å². The summed E-state index contributed by atoms with van der Waals surface area (Å²) in [4.78, 5) is 23.9. The minimum Gasteiger partial charge on any atom is -0.464 e. The van der Waals surface area contributed by atoms with Gasteiger partial charge in [-0.1, -0.05) is 29.2 Å². The van der Waals surface area contributed by atoms with E-state index in [2.05, 4.69) is 25.0 Å². The maximum absolute atomic E-state index is 14.4. The van der Waals surface area contributed by atoms with Gasteiger partial charge < -0.3 is 15.2 Å². The van der Waals surface area contributed by atoms with Crippen LogP contribution in [0.3, 0.4) is 0 Å². The molecule has 3 aromatic rings. The number of aromatic nitrogens is 3. The van der Waals surface area contributed by atoms with Crippen molar-refractivity contribution in [2.75, 3.05) is 12.4 Å². The smallest absolute Gasteiger partial charge is 0.359 e. The second-order valence-electron chi connectivity index (χ2n) is 4.88. The number of esters is 1. The molecule has 0 aromatic carbocycles. The summed E-state index contributed by atoms with van der Waals surface area (Å²) in [6.07, 6.45) is 4.51. The number of hydrogen-bond acceptors (Lipinski definition) is 9. The molecule has 26 heavy (non-hydrogen) atoms. The van der Waals surface area contributed by atoms with Gasteiger partial charge in [-0.3, -0.25) is 0 Å². The fourth-order valence-electron chi connectivity index (χ4n) is 1.92. The molecular formula is C16H13FN4O3S2. The molecule has 0 saturated carbocycles. The summed E-state index contributed by atoms with van der Waals surface area (Å²) in [6, 6.07) is 4.96. The highest BCUT2D eigenvalue weighted by molar-refractivity contribution is 8.01. The highest BCUT2D eigenvalue weighted by Gasteiger charge is 2.18. The molecule has 0 aliphatic rings. The van der Waals surface area contributed by atoms with Crippen LogP contribution in [0.4, 0.5) is 15.3 Å². The van der Waals surface area contributed by atoms with Crippen molar-refractivity contribution < 1.29 is 19.0 Å². The maximum atomic E-state index is 14.4. The van der Waals surface area contributed by atoms with Crippen LogP contribution in [-0.2, 0) is 11.3 Å². The predicted molar refractivity (Wildman–Crippen MR) is 95.2 cm³/mol. The van der Waals surface area contributed by atoms with E-state index in [-0.39, 0.29) is 17.2 Å². The van der Waals surface area contributed by atoms with Gasteiger partial charge in [0.1, 0.15) is 5.82 Å². The molecular weight excluding hydrogens is 379 g/mol. The molecule has 0 spiro atoms. The van der Waals surface area contributed by atoms with Crippen molar-refractivity contribution in [3.8, 4) is 0 Å². The molecule has 0 fully saturated rings. The molecule has 3 aromatic heterocycles. The Kier molecular flexibility index (Phi) is 5.76. The van der Waals surface area contributed by atoms with E-state index in [4.69, 9.17) is 5.11 Å².